The van der Waals surface area contributed by atoms with Gasteiger partial charge >= 0.3 is 0 Å². The van der Waals surface area contributed by atoms with Crippen molar-refractivity contribution < 1.29 is 14.2 Å². The fourth-order valence-corrected chi connectivity index (χ4v) is 5.96. The van der Waals surface area contributed by atoms with Crippen LogP contribution in [0, 0.1) is 17.2 Å². The molecule has 0 radical (unpaired) electrons. The number of hydrogen-bond acceptors (Lipinski definition) is 3. The fraction of sp³-hybridized carbons (Fsp3) is 0.281. The molecule has 1 aromatic heterocycles. The summed E-state index contributed by atoms with van der Waals surface area (Å²) in [5.74, 6) is 1.25. The molecule has 5 rings (SSSR count). The second kappa shape index (κ2) is 10.3. The van der Waals surface area contributed by atoms with E-state index < -0.39 is 6.10 Å². The number of nitrogens with zero attached hydrogens (tertiary/aromatic N) is 2. The van der Waals surface area contributed by atoms with Gasteiger partial charge in [-0.05, 0) is 109 Å². The van der Waals surface area contributed by atoms with Crippen molar-refractivity contribution in [3.05, 3.63) is 120 Å². The molecule has 0 saturated heterocycles. The first-order valence-corrected chi connectivity index (χ1v) is 12.8. The van der Waals surface area contributed by atoms with Crippen LogP contribution in [0.1, 0.15) is 43.0 Å². The highest BCUT2D eigenvalue weighted by Crippen LogP contribution is 2.52. The Bertz CT molecular complexity index is 1350. The smallest absolute Gasteiger partial charge is 0.127 e. The Morgan fingerprint density at radius 1 is 1.22 bits per heavy atom. The zero-order valence-electron chi connectivity index (χ0n) is 21.2. The molecule has 0 bridgehead atoms. The van der Waals surface area contributed by atoms with E-state index in [0.29, 0.717) is 12.2 Å². The Hall–Kier alpha value is -3.70. The number of rotatable bonds is 8. The van der Waals surface area contributed by atoms with E-state index in [-0.39, 0.29) is 17.2 Å². The van der Waals surface area contributed by atoms with Gasteiger partial charge in [-0.2, -0.15) is 5.10 Å². The minimum atomic E-state index is -0.460. The van der Waals surface area contributed by atoms with Crippen molar-refractivity contribution in [2.45, 2.75) is 45.1 Å². The second-order valence-electron chi connectivity index (χ2n) is 10.2. The van der Waals surface area contributed by atoms with Gasteiger partial charge < -0.3 is 9.84 Å². The summed E-state index contributed by atoms with van der Waals surface area (Å²) < 4.78 is 21.2. The first-order chi connectivity index (χ1) is 17.9. The van der Waals surface area contributed by atoms with Crippen LogP contribution >= 0.6 is 0 Å². The first-order valence-electron chi connectivity index (χ1n) is 12.8. The maximum absolute atomic E-state index is 13.4. The standard InChI is InChI=1S/C32H33FN2O2/c1-4-7-27(5-2)37-28-16-10-22(11-17-28)18-31(36)29-9-6-8-24-19-30-23(20-32(24,29)3)21-34-35(30)26-14-12-25(33)13-15-26/h4-5,7,10-17,19,21,29,31,36H,1-2,6,8-9,18,20H2,3H3/b27-7+/t29?,31?,32-/m0/s1. The summed E-state index contributed by atoms with van der Waals surface area (Å²) in [5, 5.41) is 16.1. The largest absolute Gasteiger partial charge is 0.457 e. The molecular formula is C32H33FN2O2. The third kappa shape index (κ3) is 4.96. The van der Waals surface area contributed by atoms with Crippen LogP contribution in [0.25, 0.3) is 11.8 Å². The normalized spacial score (nSPS) is 21.9. The first kappa shape index (κ1) is 25.0. The summed E-state index contributed by atoms with van der Waals surface area (Å²) >= 11 is 0. The van der Waals surface area contributed by atoms with Crippen LogP contribution in [0.15, 0.2) is 97.4 Å². The number of hydrogen-bond donors (Lipinski definition) is 1. The van der Waals surface area contributed by atoms with Crippen LogP contribution in [-0.4, -0.2) is 21.0 Å². The highest BCUT2D eigenvalue weighted by atomic mass is 19.1. The number of fused-ring (bicyclic) bond motifs is 2. The van der Waals surface area contributed by atoms with Crippen LogP contribution in [0.2, 0.25) is 0 Å². The molecule has 0 amide bonds. The van der Waals surface area contributed by atoms with E-state index in [1.54, 1.807) is 30.4 Å². The highest BCUT2D eigenvalue weighted by molar-refractivity contribution is 5.61. The zero-order chi connectivity index (χ0) is 26.0. The lowest BCUT2D eigenvalue weighted by atomic mass is 9.58. The van der Waals surface area contributed by atoms with E-state index in [2.05, 4.69) is 31.3 Å². The molecule has 0 spiro atoms. The lowest BCUT2D eigenvalue weighted by molar-refractivity contribution is 0.0234. The number of ether oxygens (including phenoxy) is 1. The minimum Gasteiger partial charge on any atom is -0.457 e. The number of aliphatic hydroxyl groups excluding tert-OH is 1. The molecule has 4 nitrogen and oxygen atoms in total. The van der Waals surface area contributed by atoms with Gasteiger partial charge in [0.1, 0.15) is 17.3 Å². The number of halogens is 1. The van der Waals surface area contributed by atoms with E-state index >= 15 is 0 Å². The van der Waals surface area contributed by atoms with Gasteiger partial charge in [0.05, 0.1) is 23.7 Å². The maximum Gasteiger partial charge on any atom is 0.127 e. The van der Waals surface area contributed by atoms with E-state index in [9.17, 15) is 9.50 Å². The molecule has 37 heavy (non-hydrogen) atoms. The molecule has 1 saturated carbocycles. The monoisotopic (exact) mass is 496 g/mol. The summed E-state index contributed by atoms with van der Waals surface area (Å²) in [6, 6.07) is 14.3. The van der Waals surface area contributed by atoms with Crippen molar-refractivity contribution >= 4 is 6.08 Å². The molecule has 1 fully saturated rings. The predicted octanol–water partition coefficient (Wildman–Crippen LogP) is 7.00. The van der Waals surface area contributed by atoms with Gasteiger partial charge in [-0.25, -0.2) is 9.07 Å². The molecule has 2 aromatic carbocycles. The number of benzene rings is 2. The van der Waals surface area contributed by atoms with Crippen molar-refractivity contribution in [3.63, 3.8) is 0 Å². The van der Waals surface area contributed by atoms with Gasteiger partial charge in [-0.15, -0.1) is 0 Å². The van der Waals surface area contributed by atoms with Gasteiger partial charge in [0.25, 0.3) is 0 Å². The second-order valence-corrected chi connectivity index (χ2v) is 10.2. The molecule has 2 aliphatic carbocycles. The average molecular weight is 497 g/mol. The topological polar surface area (TPSA) is 47.3 Å². The van der Waals surface area contributed by atoms with Crippen molar-refractivity contribution in [3.8, 4) is 11.4 Å². The molecular weight excluding hydrogens is 463 g/mol. The van der Waals surface area contributed by atoms with Crippen LogP contribution < -0.4 is 4.74 Å². The molecule has 1 N–H and O–H groups in total. The van der Waals surface area contributed by atoms with Gasteiger partial charge in [-0.1, -0.05) is 43.9 Å². The van der Waals surface area contributed by atoms with Crippen molar-refractivity contribution in [1.82, 2.24) is 9.78 Å². The molecule has 0 aliphatic heterocycles. The minimum absolute atomic E-state index is 0.126. The quantitative estimate of drug-likeness (QED) is 0.270. The van der Waals surface area contributed by atoms with E-state index in [1.807, 2.05) is 35.1 Å². The lowest BCUT2D eigenvalue weighted by Gasteiger charge is -2.47. The molecule has 1 heterocycles. The van der Waals surface area contributed by atoms with Crippen molar-refractivity contribution in [2.24, 2.45) is 11.3 Å². The molecule has 3 aromatic rings. The molecule has 3 atom stereocenters. The van der Waals surface area contributed by atoms with Gasteiger partial charge in [-0.3, -0.25) is 0 Å². The predicted molar refractivity (Wildman–Crippen MR) is 146 cm³/mol. The third-order valence-corrected chi connectivity index (χ3v) is 7.89. The highest BCUT2D eigenvalue weighted by Gasteiger charge is 2.46. The fourth-order valence-electron chi connectivity index (χ4n) is 5.96. The Morgan fingerprint density at radius 2 is 1.97 bits per heavy atom. The number of allylic oxidation sites excluding steroid dienone is 4. The molecule has 5 heteroatoms. The van der Waals surface area contributed by atoms with Crippen LogP contribution in [-0.2, 0) is 12.8 Å². The summed E-state index contributed by atoms with van der Waals surface area (Å²) in [6.45, 7) is 9.75. The Labute approximate surface area is 218 Å². The Balaban J connectivity index is 1.34. The van der Waals surface area contributed by atoms with E-state index in [0.717, 1.165) is 48.4 Å². The molecule has 190 valence electrons. The van der Waals surface area contributed by atoms with Crippen LogP contribution in [0.5, 0.6) is 5.75 Å². The Morgan fingerprint density at radius 3 is 2.68 bits per heavy atom. The van der Waals surface area contributed by atoms with Crippen molar-refractivity contribution in [2.75, 3.05) is 0 Å². The van der Waals surface area contributed by atoms with Gasteiger partial charge in [0.15, 0.2) is 0 Å². The summed E-state index contributed by atoms with van der Waals surface area (Å²) in [6.07, 6.45) is 13.3. The maximum atomic E-state index is 13.4. The van der Waals surface area contributed by atoms with Gasteiger partial charge in [0, 0.05) is 0 Å². The number of aliphatic hydroxyl groups is 1. The average Bonchev–Trinajstić information content (AvgIpc) is 3.29. The molecule has 2 unspecified atom stereocenters. The third-order valence-electron chi connectivity index (χ3n) is 7.89. The Kier molecular flexibility index (Phi) is 6.98. The summed E-state index contributed by atoms with van der Waals surface area (Å²) in [7, 11) is 0. The van der Waals surface area contributed by atoms with Crippen LogP contribution in [0.3, 0.4) is 0 Å². The van der Waals surface area contributed by atoms with E-state index in [1.165, 1.54) is 23.3 Å². The van der Waals surface area contributed by atoms with Gasteiger partial charge in [0.2, 0.25) is 0 Å². The van der Waals surface area contributed by atoms with E-state index in [4.69, 9.17) is 4.74 Å². The van der Waals surface area contributed by atoms with Crippen LogP contribution in [0.4, 0.5) is 4.39 Å². The zero-order valence-corrected chi connectivity index (χ0v) is 21.2. The molecule has 2 aliphatic rings. The lowest BCUT2D eigenvalue weighted by Crippen LogP contribution is -2.43. The van der Waals surface area contributed by atoms with Crippen molar-refractivity contribution in [1.29, 1.82) is 0 Å². The SMILES string of the molecule is C=C/C=C(\C=C)Oc1ccc(CC(O)C2CCCC3=Cc4c(cnn4-c4ccc(F)cc4)C[C@@]32C)cc1. The summed E-state index contributed by atoms with van der Waals surface area (Å²) in [5.41, 5.74) is 5.40. The summed E-state index contributed by atoms with van der Waals surface area (Å²) in [4.78, 5) is 0. The number of aromatic nitrogens is 2.